The number of pyridine rings is 1. The van der Waals surface area contributed by atoms with Crippen LogP contribution in [0.3, 0.4) is 0 Å². The Labute approximate surface area is 136 Å². The lowest BCUT2D eigenvalue weighted by atomic mass is 10.2. The Morgan fingerprint density at radius 2 is 2.00 bits per heavy atom. The van der Waals surface area contributed by atoms with Gasteiger partial charge in [-0.05, 0) is 43.9 Å². The molecule has 0 bridgehead atoms. The summed E-state index contributed by atoms with van der Waals surface area (Å²) in [5.41, 5.74) is 0.537. The molecule has 1 N–H and O–H groups in total. The van der Waals surface area contributed by atoms with E-state index in [9.17, 15) is 8.42 Å². The first kappa shape index (κ1) is 15.1. The van der Waals surface area contributed by atoms with Crippen LogP contribution in [0.15, 0.2) is 41.4 Å². The maximum absolute atomic E-state index is 12.8. The molecule has 2 aromatic rings. The van der Waals surface area contributed by atoms with Crippen molar-refractivity contribution in [2.75, 3.05) is 19.6 Å². The van der Waals surface area contributed by atoms with Gasteiger partial charge in [0, 0.05) is 30.7 Å². The molecule has 0 unspecified atom stereocenters. The van der Waals surface area contributed by atoms with Crippen LogP contribution >= 0.6 is 0 Å². The number of likely N-dealkylation sites (tertiary alicyclic amines) is 1. The number of fused-ring (bicyclic) bond motifs is 1. The summed E-state index contributed by atoms with van der Waals surface area (Å²) in [7, 11) is -3.55. The van der Waals surface area contributed by atoms with Crippen LogP contribution in [0.2, 0.25) is 0 Å². The molecular weight excluding hydrogens is 310 g/mol. The molecule has 0 amide bonds. The van der Waals surface area contributed by atoms with Crippen LogP contribution in [-0.4, -0.2) is 44.0 Å². The molecule has 1 saturated carbocycles. The lowest BCUT2D eigenvalue weighted by Gasteiger charge is -2.16. The molecule has 1 saturated heterocycles. The third-order valence-corrected chi connectivity index (χ3v) is 6.24. The molecule has 122 valence electrons. The number of nitrogens with zero attached hydrogens (tertiary/aromatic N) is 2. The first-order valence-corrected chi connectivity index (χ1v) is 9.68. The Bertz CT molecular complexity index is 812. The predicted molar refractivity (Wildman–Crippen MR) is 89.6 cm³/mol. The Balaban J connectivity index is 1.53. The van der Waals surface area contributed by atoms with Gasteiger partial charge in [0.15, 0.2) is 0 Å². The van der Waals surface area contributed by atoms with Crippen molar-refractivity contribution in [3.8, 4) is 0 Å². The molecular formula is C17H21N3O2S. The molecule has 6 heteroatoms. The minimum Gasteiger partial charge on any atom is -0.301 e. The Morgan fingerprint density at radius 1 is 1.17 bits per heavy atom. The summed E-state index contributed by atoms with van der Waals surface area (Å²) in [6.45, 7) is 2.92. The second-order valence-electron chi connectivity index (χ2n) is 6.64. The van der Waals surface area contributed by atoms with Crippen LogP contribution in [0, 0.1) is 5.92 Å². The molecule has 0 spiro atoms. The molecule has 2 fully saturated rings. The molecule has 1 aromatic carbocycles. The fourth-order valence-electron chi connectivity index (χ4n) is 3.34. The fourth-order valence-corrected chi connectivity index (χ4v) is 4.78. The summed E-state index contributed by atoms with van der Waals surface area (Å²) in [4.78, 5) is 6.91. The SMILES string of the molecule is O=S(=O)(N[C@H]1CCN(CC2CC2)C1)c1cccc2cccnc12. The minimum atomic E-state index is -3.55. The zero-order chi connectivity index (χ0) is 15.9. The summed E-state index contributed by atoms with van der Waals surface area (Å²) in [6, 6.07) is 8.99. The summed E-state index contributed by atoms with van der Waals surface area (Å²) < 4.78 is 28.4. The number of aromatic nitrogens is 1. The number of hydrogen-bond acceptors (Lipinski definition) is 4. The number of benzene rings is 1. The second kappa shape index (κ2) is 5.85. The van der Waals surface area contributed by atoms with Crippen molar-refractivity contribution >= 4 is 20.9 Å². The standard InChI is InChI=1S/C17H21N3O2S/c21-23(22,16-5-1-3-14-4-2-9-18-17(14)16)19-15-8-10-20(12-15)11-13-6-7-13/h1-5,9,13,15,19H,6-8,10-12H2/t15-/m0/s1. The fraction of sp³-hybridized carbons (Fsp3) is 0.471. The van der Waals surface area contributed by atoms with E-state index >= 15 is 0 Å². The van der Waals surface area contributed by atoms with Gasteiger partial charge in [-0.2, -0.15) is 0 Å². The highest BCUT2D eigenvalue weighted by atomic mass is 32.2. The van der Waals surface area contributed by atoms with Crippen LogP contribution < -0.4 is 4.72 Å². The zero-order valence-electron chi connectivity index (χ0n) is 13.0. The Morgan fingerprint density at radius 3 is 2.83 bits per heavy atom. The first-order valence-electron chi connectivity index (χ1n) is 8.20. The van der Waals surface area contributed by atoms with Crippen molar-refractivity contribution in [2.45, 2.75) is 30.2 Å². The molecule has 0 radical (unpaired) electrons. The van der Waals surface area contributed by atoms with Gasteiger partial charge in [-0.3, -0.25) is 4.98 Å². The number of sulfonamides is 1. The number of nitrogens with one attached hydrogen (secondary N) is 1. The maximum atomic E-state index is 12.8. The molecule has 2 aliphatic rings. The second-order valence-corrected chi connectivity index (χ2v) is 8.32. The van der Waals surface area contributed by atoms with Crippen LogP contribution in [-0.2, 0) is 10.0 Å². The average molecular weight is 331 g/mol. The van der Waals surface area contributed by atoms with Crippen molar-refractivity contribution in [1.29, 1.82) is 0 Å². The van der Waals surface area contributed by atoms with Crippen molar-refractivity contribution in [2.24, 2.45) is 5.92 Å². The van der Waals surface area contributed by atoms with Gasteiger partial charge in [0.2, 0.25) is 10.0 Å². The van der Waals surface area contributed by atoms with E-state index in [2.05, 4.69) is 14.6 Å². The topological polar surface area (TPSA) is 62.3 Å². The van der Waals surface area contributed by atoms with Crippen LogP contribution in [0.1, 0.15) is 19.3 Å². The number of hydrogen-bond donors (Lipinski definition) is 1. The maximum Gasteiger partial charge on any atom is 0.243 e. The molecule has 1 aliphatic heterocycles. The summed E-state index contributed by atoms with van der Waals surface area (Å²) in [5.74, 6) is 0.840. The Kier molecular flexibility index (Phi) is 3.83. The molecule has 5 nitrogen and oxygen atoms in total. The van der Waals surface area contributed by atoms with E-state index in [1.807, 2.05) is 18.2 Å². The third kappa shape index (κ3) is 3.24. The highest BCUT2D eigenvalue weighted by Gasteiger charge is 2.31. The van der Waals surface area contributed by atoms with Crippen molar-refractivity contribution < 1.29 is 8.42 Å². The smallest absolute Gasteiger partial charge is 0.243 e. The summed E-state index contributed by atoms with van der Waals surface area (Å²) in [5, 5.41) is 0.845. The van der Waals surface area contributed by atoms with E-state index in [1.165, 1.54) is 12.8 Å². The van der Waals surface area contributed by atoms with Gasteiger partial charge in [0.05, 0.1) is 5.52 Å². The molecule has 4 rings (SSSR count). The molecule has 23 heavy (non-hydrogen) atoms. The third-order valence-electron chi connectivity index (χ3n) is 4.69. The van der Waals surface area contributed by atoms with E-state index in [-0.39, 0.29) is 10.9 Å². The van der Waals surface area contributed by atoms with Gasteiger partial charge < -0.3 is 4.90 Å². The van der Waals surface area contributed by atoms with E-state index in [0.717, 1.165) is 37.4 Å². The van der Waals surface area contributed by atoms with Crippen molar-refractivity contribution in [3.63, 3.8) is 0 Å². The van der Waals surface area contributed by atoms with E-state index in [0.29, 0.717) is 5.52 Å². The van der Waals surface area contributed by atoms with Crippen molar-refractivity contribution in [1.82, 2.24) is 14.6 Å². The lowest BCUT2D eigenvalue weighted by molar-refractivity contribution is 0.318. The molecule has 1 atom stereocenters. The quantitative estimate of drug-likeness (QED) is 0.910. The summed E-state index contributed by atoms with van der Waals surface area (Å²) in [6.07, 6.45) is 5.17. The van der Waals surface area contributed by atoms with Gasteiger partial charge in [-0.15, -0.1) is 0 Å². The van der Waals surface area contributed by atoms with E-state index < -0.39 is 10.0 Å². The monoisotopic (exact) mass is 331 g/mol. The summed E-state index contributed by atoms with van der Waals surface area (Å²) >= 11 is 0. The van der Waals surface area contributed by atoms with Crippen molar-refractivity contribution in [3.05, 3.63) is 36.5 Å². The van der Waals surface area contributed by atoms with Crippen LogP contribution in [0.25, 0.3) is 10.9 Å². The minimum absolute atomic E-state index is 0.00211. The largest absolute Gasteiger partial charge is 0.301 e. The van der Waals surface area contributed by atoms with Crippen LogP contribution in [0.5, 0.6) is 0 Å². The van der Waals surface area contributed by atoms with E-state index in [4.69, 9.17) is 0 Å². The van der Waals surface area contributed by atoms with E-state index in [1.54, 1.807) is 18.3 Å². The van der Waals surface area contributed by atoms with Gasteiger partial charge in [-0.1, -0.05) is 18.2 Å². The predicted octanol–water partition coefficient (Wildman–Crippen LogP) is 2.00. The van der Waals surface area contributed by atoms with Gasteiger partial charge in [-0.25, -0.2) is 13.1 Å². The molecule has 2 heterocycles. The van der Waals surface area contributed by atoms with Gasteiger partial charge in [0.25, 0.3) is 0 Å². The highest BCUT2D eigenvalue weighted by molar-refractivity contribution is 7.89. The average Bonchev–Trinajstić information content (AvgIpc) is 3.25. The molecule has 1 aromatic heterocycles. The highest BCUT2D eigenvalue weighted by Crippen LogP contribution is 2.31. The molecule has 1 aliphatic carbocycles. The lowest BCUT2D eigenvalue weighted by Crippen LogP contribution is -2.37. The normalized spacial score (nSPS) is 22.7. The number of rotatable bonds is 5. The van der Waals surface area contributed by atoms with Gasteiger partial charge in [0.1, 0.15) is 4.90 Å². The van der Waals surface area contributed by atoms with Gasteiger partial charge >= 0.3 is 0 Å². The first-order chi connectivity index (χ1) is 11.1. The Hall–Kier alpha value is -1.50. The van der Waals surface area contributed by atoms with Crippen LogP contribution in [0.4, 0.5) is 0 Å². The zero-order valence-corrected chi connectivity index (χ0v) is 13.8. The number of para-hydroxylation sites is 1.